The summed E-state index contributed by atoms with van der Waals surface area (Å²) in [5, 5.41) is 0.753. The quantitative estimate of drug-likeness (QED) is 0.879. The smallest absolute Gasteiger partial charge is 0.0952 e. The van der Waals surface area contributed by atoms with Crippen molar-refractivity contribution >= 4 is 17.3 Å². The number of anilines is 1. The van der Waals surface area contributed by atoms with Crippen molar-refractivity contribution in [2.75, 3.05) is 11.9 Å². The summed E-state index contributed by atoms with van der Waals surface area (Å²) in [6.45, 7) is 2.90. The maximum Gasteiger partial charge on any atom is 0.0952 e. The highest BCUT2D eigenvalue weighted by Gasteiger charge is 2.12. The molecule has 0 aliphatic carbocycles. The first-order valence-electron chi connectivity index (χ1n) is 6.86. The largest absolute Gasteiger partial charge is 0.472 e. The number of rotatable bonds is 6. The monoisotopic (exact) mass is 292 g/mol. The van der Waals surface area contributed by atoms with Crippen molar-refractivity contribution in [1.29, 1.82) is 0 Å². The second-order valence-corrected chi connectivity index (χ2v) is 5.57. The third kappa shape index (κ3) is 3.78. The van der Waals surface area contributed by atoms with Gasteiger partial charge in [-0.3, -0.25) is 0 Å². The Morgan fingerprint density at radius 3 is 2.80 bits per heavy atom. The second-order valence-electron chi connectivity index (χ2n) is 5.13. The van der Waals surface area contributed by atoms with Gasteiger partial charge in [-0.25, -0.2) is 0 Å². The minimum absolute atomic E-state index is 0.162. The van der Waals surface area contributed by atoms with Crippen LogP contribution in [0.4, 0.5) is 5.69 Å². The molecule has 0 bridgehead atoms. The SMILES string of the molecule is CCC(N)Cc1cc(Cl)ccc1N(C)Cc1ccoc1. The van der Waals surface area contributed by atoms with Gasteiger partial charge in [-0.05, 0) is 42.7 Å². The third-order valence-electron chi connectivity index (χ3n) is 3.46. The van der Waals surface area contributed by atoms with E-state index in [2.05, 4.69) is 24.9 Å². The van der Waals surface area contributed by atoms with Gasteiger partial charge >= 0.3 is 0 Å². The van der Waals surface area contributed by atoms with Crippen molar-refractivity contribution in [3.05, 3.63) is 52.9 Å². The summed E-state index contributed by atoms with van der Waals surface area (Å²) in [5.41, 5.74) is 9.59. The molecule has 0 aliphatic heterocycles. The van der Waals surface area contributed by atoms with E-state index in [0.29, 0.717) is 0 Å². The van der Waals surface area contributed by atoms with Crippen LogP contribution in [0.5, 0.6) is 0 Å². The Balaban J connectivity index is 2.20. The molecule has 0 aliphatic rings. The van der Waals surface area contributed by atoms with E-state index in [-0.39, 0.29) is 6.04 Å². The van der Waals surface area contributed by atoms with E-state index in [1.807, 2.05) is 18.2 Å². The lowest BCUT2D eigenvalue weighted by Gasteiger charge is -2.23. The summed E-state index contributed by atoms with van der Waals surface area (Å²) in [6.07, 6.45) is 5.25. The molecule has 0 saturated carbocycles. The molecule has 1 aromatic carbocycles. The molecule has 4 heteroatoms. The summed E-state index contributed by atoms with van der Waals surface area (Å²) in [5.74, 6) is 0. The molecular formula is C16H21ClN2O. The molecule has 108 valence electrons. The topological polar surface area (TPSA) is 42.4 Å². The molecule has 2 N–H and O–H groups in total. The van der Waals surface area contributed by atoms with Crippen LogP contribution < -0.4 is 10.6 Å². The Kier molecular flexibility index (Phi) is 5.10. The van der Waals surface area contributed by atoms with E-state index < -0.39 is 0 Å². The van der Waals surface area contributed by atoms with Gasteiger partial charge in [0.25, 0.3) is 0 Å². The molecule has 1 heterocycles. The number of nitrogens with two attached hydrogens (primary N) is 1. The first-order chi connectivity index (χ1) is 9.60. The van der Waals surface area contributed by atoms with Crippen molar-refractivity contribution in [2.45, 2.75) is 32.4 Å². The molecular weight excluding hydrogens is 272 g/mol. The Hall–Kier alpha value is -1.45. The molecule has 0 radical (unpaired) electrons. The molecule has 1 unspecified atom stereocenters. The van der Waals surface area contributed by atoms with Gasteiger partial charge in [0, 0.05) is 35.9 Å². The standard InChI is InChI=1S/C16H21ClN2O/c1-3-15(18)9-13-8-14(17)4-5-16(13)19(2)10-12-6-7-20-11-12/h4-8,11,15H,3,9-10,18H2,1-2H3. The van der Waals surface area contributed by atoms with Gasteiger partial charge in [-0.15, -0.1) is 0 Å². The van der Waals surface area contributed by atoms with Crippen LogP contribution in [0.3, 0.4) is 0 Å². The van der Waals surface area contributed by atoms with E-state index >= 15 is 0 Å². The van der Waals surface area contributed by atoms with Crippen molar-refractivity contribution in [2.24, 2.45) is 5.73 Å². The van der Waals surface area contributed by atoms with Gasteiger partial charge in [0.05, 0.1) is 12.5 Å². The zero-order valence-electron chi connectivity index (χ0n) is 12.0. The highest BCUT2D eigenvalue weighted by Crippen LogP contribution is 2.26. The highest BCUT2D eigenvalue weighted by molar-refractivity contribution is 6.30. The predicted molar refractivity (Wildman–Crippen MR) is 84.2 cm³/mol. The van der Waals surface area contributed by atoms with Gasteiger partial charge in [-0.1, -0.05) is 18.5 Å². The Morgan fingerprint density at radius 1 is 1.35 bits per heavy atom. The zero-order chi connectivity index (χ0) is 14.5. The lowest BCUT2D eigenvalue weighted by Crippen LogP contribution is -2.24. The number of hydrogen-bond donors (Lipinski definition) is 1. The van der Waals surface area contributed by atoms with Gasteiger partial charge in [0.15, 0.2) is 0 Å². The van der Waals surface area contributed by atoms with E-state index in [0.717, 1.165) is 30.0 Å². The molecule has 2 aromatic rings. The van der Waals surface area contributed by atoms with Crippen molar-refractivity contribution in [1.82, 2.24) is 0 Å². The summed E-state index contributed by atoms with van der Waals surface area (Å²) in [4.78, 5) is 2.19. The first-order valence-corrected chi connectivity index (χ1v) is 7.24. The Bertz CT molecular complexity index is 539. The van der Waals surface area contributed by atoms with Crippen LogP contribution in [0.2, 0.25) is 5.02 Å². The van der Waals surface area contributed by atoms with Crippen molar-refractivity contribution in [3.63, 3.8) is 0 Å². The molecule has 0 saturated heterocycles. The van der Waals surface area contributed by atoms with E-state index in [4.69, 9.17) is 21.8 Å². The third-order valence-corrected chi connectivity index (χ3v) is 3.69. The van der Waals surface area contributed by atoms with E-state index in [9.17, 15) is 0 Å². The fourth-order valence-corrected chi connectivity index (χ4v) is 2.45. The van der Waals surface area contributed by atoms with Crippen LogP contribution >= 0.6 is 11.6 Å². The number of benzene rings is 1. The summed E-state index contributed by atoms with van der Waals surface area (Å²) in [7, 11) is 2.07. The second kappa shape index (κ2) is 6.82. The van der Waals surface area contributed by atoms with E-state index in [1.165, 1.54) is 11.3 Å². The number of furan rings is 1. The lowest BCUT2D eigenvalue weighted by atomic mass is 10.0. The molecule has 3 nitrogen and oxygen atoms in total. The van der Waals surface area contributed by atoms with Gasteiger partial charge < -0.3 is 15.1 Å². The summed E-state index contributed by atoms with van der Waals surface area (Å²) < 4.78 is 5.11. The predicted octanol–water partition coefficient (Wildman–Crippen LogP) is 3.85. The fourth-order valence-electron chi connectivity index (χ4n) is 2.26. The van der Waals surface area contributed by atoms with Crippen LogP contribution in [0.1, 0.15) is 24.5 Å². The molecule has 2 rings (SSSR count). The molecule has 20 heavy (non-hydrogen) atoms. The zero-order valence-corrected chi connectivity index (χ0v) is 12.7. The van der Waals surface area contributed by atoms with Gasteiger partial charge in [-0.2, -0.15) is 0 Å². The molecule has 0 spiro atoms. The lowest BCUT2D eigenvalue weighted by molar-refractivity contribution is 0.563. The maximum atomic E-state index is 6.12. The Labute approximate surface area is 125 Å². The van der Waals surface area contributed by atoms with Crippen LogP contribution in [0.25, 0.3) is 0 Å². The summed E-state index contributed by atoms with van der Waals surface area (Å²) >= 11 is 6.12. The van der Waals surface area contributed by atoms with E-state index in [1.54, 1.807) is 12.5 Å². The fraction of sp³-hybridized carbons (Fsp3) is 0.375. The number of nitrogens with zero attached hydrogens (tertiary/aromatic N) is 1. The minimum Gasteiger partial charge on any atom is -0.472 e. The minimum atomic E-state index is 0.162. The van der Waals surface area contributed by atoms with Crippen LogP contribution in [0.15, 0.2) is 41.2 Å². The summed E-state index contributed by atoms with van der Waals surface area (Å²) in [6, 6.07) is 8.13. The van der Waals surface area contributed by atoms with Crippen LogP contribution in [-0.2, 0) is 13.0 Å². The normalized spacial score (nSPS) is 12.4. The maximum absolute atomic E-state index is 6.12. The molecule has 1 aromatic heterocycles. The van der Waals surface area contributed by atoms with Gasteiger partial charge in [0.2, 0.25) is 0 Å². The van der Waals surface area contributed by atoms with Crippen molar-refractivity contribution in [3.8, 4) is 0 Å². The first kappa shape index (κ1) is 14.9. The van der Waals surface area contributed by atoms with Crippen molar-refractivity contribution < 1.29 is 4.42 Å². The number of hydrogen-bond acceptors (Lipinski definition) is 3. The van der Waals surface area contributed by atoms with Gasteiger partial charge in [0.1, 0.15) is 0 Å². The number of halogens is 1. The average Bonchev–Trinajstić information content (AvgIpc) is 2.91. The molecule has 1 atom stereocenters. The highest BCUT2D eigenvalue weighted by atomic mass is 35.5. The Morgan fingerprint density at radius 2 is 2.15 bits per heavy atom. The van der Waals surface area contributed by atoms with Crippen LogP contribution in [0, 0.1) is 0 Å². The molecule has 0 amide bonds. The molecule has 0 fully saturated rings. The van der Waals surface area contributed by atoms with Crippen LogP contribution in [-0.4, -0.2) is 13.1 Å². The average molecular weight is 293 g/mol.